The Morgan fingerprint density at radius 2 is 2.17 bits per heavy atom. The van der Waals surface area contributed by atoms with Crippen molar-refractivity contribution in [2.24, 2.45) is 10.7 Å². The van der Waals surface area contributed by atoms with Crippen LogP contribution >= 0.6 is 0 Å². The van der Waals surface area contributed by atoms with Crippen molar-refractivity contribution in [3.63, 3.8) is 0 Å². The highest BCUT2D eigenvalue weighted by molar-refractivity contribution is 6.03. The molecule has 2 N–H and O–H groups in total. The van der Waals surface area contributed by atoms with Crippen LogP contribution in [0, 0.1) is 0 Å². The number of urea groups is 1. The summed E-state index contributed by atoms with van der Waals surface area (Å²) in [6.07, 6.45) is 1.69. The van der Waals surface area contributed by atoms with E-state index >= 15 is 0 Å². The van der Waals surface area contributed by atoms with Gasteiger partial charge < -0.3 is 10.6 Å². The number of nitrogens with two attached hydrogens (primary N) is 1. The first-order valence-corrected chi connectivity index (χ1v) is 5.95. The average molecular weight is 243 g/mol. The van der Waals surface area contributed by atoms with Gasteiger partial charge in [0.2, 0.25) is 0 Å². The Hall–Kier alpha value is -2.10. The van der Waals surface area contributed by atoms with Crippen LogP contribution in [0.2, 0.25) is 0 Å². The average Bonchev–Trinajstić information content (AvgIpc) is 2.65. The summed E-state index contributed by atoms with van der Waals surface area (Å²) in [7, 11) is 0. The molecule has 0 radical (unpaired) electrons. The lowest BCUT2D eigenvalue weighted by atomic mass is 9.92. The monoisotopic (exact) mass is 243 g/mol. The minimum Gasteiger partial charge on any atom is -0.385 e. The van der Waals surface area contributed by atoms with Crippen LogP contribution in [0.15, 0.2) is 48.0 Å². The lowest BCUT2D eigenvalue weighted by molar-refractivity contribution is 0.208. The summed E-state index contributed by atoms with van der Waals surface area (Å²) in [6, 6.07) is 9.54. The fourth-order valence-corrected chi connectivity index (χ4v) is 2.32. The predicted molar refractivity (Wildman–Crippen MR) is 72.6 cm³/mol. The van der Waals surface area contributed by atoms with Gasteiger partial charge in [0.25, 0.3) is 0 Å². The minimum atomic E-state index is -0.278. The zero-order valence-corrected chi connectivity index (χ0v) is 10.4. The Kier molecular flexibility index (Phi) is 3.46. The molecule has 94 valence electrons. The third-order valence-corrected chi connectivity index (χ3v) is 3.23. The summed E-state index contributed by atoms with van der Waals surface area (Å²) in [5, 5.41) is 0. The number of nitrogens with zero attached hydrogens (tertiary/aromatic N) is 2. The maximum absolute atomic E-state index is 11.7. The van der Waals surface area contributed by atoms with E-state index in [-0.39, 0.29) is 18.0 Å². The first kappa shape index (κ1) is 12.4. The maximum Gasteiger partial charge on any atom is 0.346 e. The molecule has 0 aliphatic carbocycles. The van der Waals surface area contributed by atoms with E-state index in [1.807, 2.05) is 30.3 Å². The third-order valence-electron chi connectivity index (χ3n) is 3.23. The number of amidine groups is 1. The Labute approximate surface area is 107 Å². The topological polar surface area (TPSA) is 58.7 Å². The molecule has 0 saturated heterocycles. The SMILES string of the molecule is C=CCN1C(=O)N=C(N)C1C(C)c1ccccc1. The van der Waals surface area contributed by atoms with Crippen molar-refractivity contribution in [3.05, 3.63) is 48.6 Å². The van der Waals surface area contributed by atoms with Gasteiger partial charge >= 0.3 is 6.03 Å². The van der Waals surface area contributed by atoms with Crippen LogP contribution in [0.4, 0.5) is 4.79 Å². The zero-order chi connectivity index (χ0) is 13.1. The number of rotatable bonds is 4. The quantitative estimate of drug-likeness (QED) is 0.824. The molecule has 1 aliphatic rings. The second-order valence-electron chi connectivity index (χ2n) is 4.40. The van der Waals surface area contributed by atoms with Gasteiger partial charge in [-0.2, -0.15) is 4.99 Å². The Bertz CT molecular complexity index is 481. The molecule has 18 heavy (non-hydrogen) atoms. The number of hydrogen-bond acceptors (Lipinski definition) is 2. The van der Waals surface area contributed by atoms with Gasteiger partial charge in [0, 0.05) is 12.5 Å². The van der Waals surface area contributed by atoms with E-state index in [1.54, 1.807) is 11.0 Å². The first-order valence-electron chi connectivity index (χ1n) is 5.95. The molecule has 0 bridgehead atoms. The Morgan fingerprint density at radius 1 is 1.50 bits per heavy atom. The summed E-state index contributed by atoms with van der Waals surface area (Å²) in [5.41, 5.74) is 7.02. The number of hydrogen-bond donors (Lipinski definition) is 1. The minimum absolute atomic E-state index is 0.112. The molecule has 2 rings (SSSR count). The van der Waals surface area contributed by atoms with Gasteiger partial charge in [-0.15, -0.1) is 6.58 Å². The fourth-order valence-electron chi connectivity index (χ4n) is 2.32. The first-order chi connectivity index (χ1) is 8.65. The molecule has 1 aromatic carbocycles. The van der Waals surface area contributed by atoms with Crippen molar-refractivity contribution in [3.8, 4) is 0 Å². The maximum atomic E-state index is 11.7. The van der Waals surface area contributed by atoms with Gasteiger partial charge in [-0.25, -0.2) is 4.79 Å². The van der Waals surface area contributed by atoms with E-state index in [1.165, 1.54) is 0 Å². The third kappa shape index (κ3) is 2.14. The molecule has 1 aliphatic heterocycles. The second-order valence-corrected chi connectivity index (χ2v) is 4.40. The van der Waals surface area contributed by atoms with Gasteiger partial charge in [0.05, 0.1) is 6.04 Å². The van der Waals surface area contributed by atoms with Crippen molar-refractivity contribution in [2.45, 2.75) is 18.9 Å². The summed E-state index contributed by atoms with van der Waals surface area (Å²) >= 11 is 0. The molecular weight excluding hydrogens is 226 g/mol. The molecule has 0 spiro atoms. The van der Waals surface area contributed by atoms with E-state index in [9.17, 15) is 4.79 Å². The predicted octanol–water partition coefficient (Wildman–Crippen LogP) is 2.14. The second kappa shape index (κ2) is 5.04. The van der Waals surface area contributed by atoms with Crippen LogP contribution in [0.3, 0.4) is 0 Å². The van der Waals surface area contributed by atoms with Gasteiger partial charge in [0.1, 0.15) is 5.84 Å². The number of carbonyl (C=O) groups excluding carboxylic acids is 1. The van der Waals surface area contributed by atoms with Crippen molar-refractivity contribution >= 4 is 11.9 Å². The summed E-state index contributed by atoms with van der Waals surface area (Å²) < 4.78 is 0. The van der Waals surface area contributed by atoms with Crippen LogP contribution in [-0.2, 0) is 0 Å². The smallest absolute Gasteiger partial charge is 0.346 e. The molecule has 2 unspecified atom stereocenters. The molecule has 1 aromatic rings. The fraction of sp³-hybridized carbons (Fsp3) is 0.286. The van der Waals surface area contributed by atoms with Gasteiger partial charge in [0.15, 0.2) is 0 Å². The molecule has 1 heterocycles. The molecule has 2 amide bonds. The molecule has 0 saturated carbocycles. The van der Waals surface area contributed by atoms with Crippen molar-refractivity contribution in [2.75, 3.05) is 6.54 Å². The van der Waals surface area contributed by atoms with Crippen molar-refractivity contribution in [1.82, 2.24) is 4.90 Å². The van der Waals surface area contributed by atoms with Gasteiger partial charge in [-0.05, 0) is 5.56 Å². The van der Waals surface area contributed by atoms with Crippen molar-refractivity contribution < 1.29 is 4.79 Å². The number of amides is 2. The molecule has 0 fully saturated rings. The van der Waals surface area contributed by atoms with E-state index in [0.717, 1.165) is 5.56 Å². The Morgan fingerprint density at radius 3 is 2.78 bits per heavy atom. The van der Waals surface area contributed by atoms with Crippen LogP contribution in [0.1, 0.15) is 18.4 Å². The molecule has 0 aromatic heterocycles. The zero-order valence-electron chi connectivity index (χ0n) is 10.4. The highest BCUT2D eigenvalue weighted by Crippen LogP contribution is 2.26. The normalized spacial score (nSPS) is 20.7. The molecule has 2 atom stereocenters. The van der Waals surface area contributed by atoms with E-state index in [0.29, 0.717) is 12.4 Å². The van der Waals surface area contributed by atoms with Crippen LogP contribution < -0.4 is 5.73 Å². The lowest BCUT2D eigenvalue weighted by Gasteiger charge is -2.28. The van der Waals surface area contributed by atoms with Crippen LogP contribution in [0.5, 0.6) is 0 Å². The standard InChI is InChI=1S/C14H17N3O/c1-3-9-17-12(13(15)16-14(17)18)10(2)11-7-5-4-6-8-11/h3-8,10,12H,1,9H2,2H3,(H2,15,16,18). The van der Waals surface area contributed by atoms with E-state index < -0.39 is 0 Å². The largest absolute Gasteiger partial charge is 0.385 e. The number of benzene rings is 1. The molecular formula is C14H17N3O. The molecule has 4 heteroatoms. The van der Waals surface area contributed by atoms with Crippen LogP contribution in [-0.4, -0.2) is 29.4 Å². The summed E-state index contributed by atoms with van der Waals surface area (Å²) in [5.74, 6) is 0.500. The number of aliphatic imine (C=N–C) groups is 1. The van der Waals surface area contributed by atoms with Gasteiger partial charge in [-0.1, -0.05) is 43.3 Å². The number of carbonyl (C=O) groups is 1. The highest BCUT2D eigenvalue weighted by atomic mass is 16.2. The van der Waals surface area contributed by atoms with E-state index in [2.05, 4.69) is 18.5 Å². The van der Waals surface area contributed by atoms with Gasteiger partial charge in [-0.3, -0.25) is 0 Å². The lowest BCUT2D eigenvalue weighted by Crippen LogP contribution is -2.43. The Balaban J connectivity index is 2.28. The molecule has 4 nitrogen and oxygen atoms in total. The van der Waals surface area contributed by atoms with E-state index in [4.69, 9.17) is 5.73 Å². The summed E-state index contributed by atoms with van der Waals surface area (Å²) in [4.78, 5) is 17.2. The highest BCUT2D eigenvalue weighted by Gasteiger charge is 2.36. The van der Waals surface area contributed by atoms with Crippen LogP contribution in [0.25, 0.3) is 0 Å². The summed E-state index contributed by atoms with van der Waals surface area (Å²) in [6.45, 7) is 6.18. The van der Waals surface area contributed by atoms with Crippen molar-refractivity contribution in [1.29, 1.82) is 0 Å².